The van der Waals surface area contributed by atoms with E-state index in [1.54, 1.807) is 6.07 Å². The minimum atomic E-state index is -0.919. The van der Waals surface area contributed by atoms with Crippen molar-refractivity contribution < 1.29 is 19.6 Å². The molecule has 0 saturated carbocycles. The number of likely N-dealkylation sites (tertiary alicyclic amines) is 1. The molecule has 1 aromatic carbocycles. The first-order valence-electron chi connectivity index (χ1n) is 6.87. The minimum absolute atomic E-state index is 0.141. The highest BCUT2D eigenvalue weighted by Crippen LogP contribution is 2.29. The van der Waals surface area contributed by atoms with Crippen LogP contribution in [-0.2, 0) is 4.79 Å². The van der Waals surface area contributed by atoms with Gasteiger partial charge in [0.1, 0.15) is 0 Å². The van der Waals surface area contributed by atoms with Crippen LogP contribution in [0.1, 0.15) is 23.7 Å². The molecular formula is C14H16N2O5S. The van der Waals surface area contributed by atoms with Gasteiger partial charge >= 0.3 is 5.97 Å². The fourth-order valence-corrected chi connectivity index (χ4v) is 3.17. The third-order valence-electron chi connectivity index (χ3n) is 3.53. The number of hydrogen-bond acceptors (Lipinski definition) is 5. The van der Waals surface area contributed by atoms with E-state index in [1.807, 2.05) is 6.92 Å². The number of hydrogen-bond donors (Lipinski definition) is 1. The van der Waals surface area contributed by atoms with Crippen LogP contribution >= 0.6 is 11.8 Å². The molecule has 0 spiro atoms. The Hall–Kier alpha value is -2.09. The molecule has 22 heavy (non-hydrogen) atoms. The number of benzene rings is 1. The number of carbonyl (C=O) groups is 2. The number of aliphatic carboxylic acids is 1. The molecule has 7 nitrogen and oxygen atoms in total. The summed E-state index contributed by atoms with van der Waals surface area (Å²) in [7, 11) is 0. The SMILES string of the molecule is CCSc1ccc([N+](=O)[O-])cc1C(=O)N1CCC(C(=O)O)C1. The van der Waals surface area contributed by atoms with Crippen molar-refractivity contribution in [3.05, 3.63) is 33.9 Å². The van der Waals surface area contributed by atoms with E-state index in [9.17, 15) is 19.7 Å². The number of thioether (sulfide) groups is 1. The predicted molar refractivity (Wildman–Crippen MR) is 81.1 cm³/mol. The zero-order chi connectivity index (χ0) is 16.3. The smallest absolute Gasteiger partial charge is 0.308 e. The second kappa shape index (κ2) is 6.78. The van der Waals surface area contributed by atoms with Gasteiger partial charge in [-0.25, -0.2) is 0 Å². The Kier molecular flexibility index (Phi) is 5.02. The van der Waals surface area contributed by atoms with Gasteiger partial charge in [0.2, 0.25) is 0 Å². The van der Waals surface area contributed by atoms with Crippen molar-refractivity contribution >= 4 is 29.3 Å². The molecule has 1 unspecified atom stereocenters. The van der Waals surface area contributed by atoms with Gasteiger partial charge in [-0.3, -0.25) is 19.7 Å². The van der Waals surface area contributed by atoms with Crippen LogP contribution in [0.5, 0.6) is 0 Å². The van der Waals surface area contributed by atoms with Crippen molar-refractivity contribution in [2.45, 2.75) is 18.2 Å². The second-order valence-electron chi connectivity index (χ2n) is 4.95. The van der Waals surface area contributed by atoms with Crippen LogP contribution in [-0.4, -0.2) is 45.6 Å². The molecule has 1 saturated heterocycles. The van der Waals surface area contributed by atoms with Crippen LogP contribution in [0.4, 0.5) is 5.69 Å². The molecule has 1 aliphatic rings. The molecule has 0 aliphatic carbocycles. The summed E-state index contributed by atoms with van der Waals surface area (Å²) < 4.78 is 0. The van der Waals surface area contributed by atoms with Crippen LogP contribution in [0.15, 0.2) is 23.1 Å². The maximum Gasteiger partial charge on any atom is 0.308 e. The molecule has 1 atom stereocenters. The summed E-state index contributed by atoms with van der Waals surface area (Å²) in [6.45, 7) is 2.43. The van der Waals surface area contributed by atoms with E-state index < -0.39 is 16.8 Å². The number of non-ortho nitro benzene ring substituents is 1. The third-order valence-corrected chi connectivity index (χ3v) is 4.48. The maximum atomic E-state index is 12.6. The van der Waals surface area contributed by atoms with Crippen LogP contribution in [0.2, 0.25) is 0 Å². The van der Waals surface area contributed by atoms with Gasteiger partial charge in [0.15, 0.2) is 0 Å². The zero-order valence-corrected chi connectivity index (χ0v) is 12.8. The molecule has 0 bridgehead atoms. The number of nitro benzene ring substituents is 1. The van der Waals surface area contributed by atoms with E-state index in [1.165, 1.54) is 28.8 Å². The summed E-state index contributed by atoms with van der Waals surface area (Å²) in [5.41, 5.74) is 0.130. The summed E-state index contributed by atoms with van der Waals surface area (Å²) >= 11 is 1.43. The molecule has 1 N–H and O–H groups in total. The first kappa shape index (κ1) is 16.3. The lowest BCUT2D eigenvalue weighted by Crippen LogP contribution is -2.30. The molecule has 118 valence electrons. The first-order chi connectivity index (χ1) is 10.4. The zero-order valence-electron chi connectivity index (χ0n) is 12.0. The van der Waals surface area contributed by atoms with Crippen molar-refractivity contribution in [1.82, 2.24) is 4.90 Å². The number of nitrogens with zero attached hydrogens (tertiary/aromatic N) is 2. The lowest BCUT2D eigenvalue weighted by atomic mass is 10.1. The lowest BCUT2D eigenvalue weighted by Gasteiger charge is -2.17. The molecule has 0 aromatic heterocycles. The van der Waals surface area contributed by atoms with E-state index in [0.717, 1.165) is 5.75 Å². The van der Waals surface area contributed by atoms with Crippen molar-refractivity contribution in [2.24, 2.45) is 5.92 Å². The average molecular weight is 324 g/mol. The van der Waals surface area contributed by atoms with Gasteiger partial charge in [-0.15, -0.1) is 11.8 Å². The van der Waals surface area contributed by atoms with Gasteiger partial charge in [-0.1, -0.05) is 6.92 Å². The molecule has 8 heteroatoms. The number of nitro groups is 1. The normalized spacial score (nSPS) is 17.5. The van der Waals surface area contributed by atoms with Gasteiger partial charge in [-0.2, -0.15) is 0 Å². The molecule has 1 aliphatic heterocycles. The Morgan fingerprint density at radius 3 is 2.77 bits per heavy atom. The van der Waals surface area contributed by atoms with Crippen molar-refractivity contribution in [1.29, 1.82) is 0 Å². The first-order valence-corrected chi connectivity index (χ1v) is 7.86. The van der Waals surface area contributed by atoms with Crippen molar-refractivity contribution in [3.8, 4) is 0 Å². The number of carboxylic acid groups (broad SMARTS) is 1. The Morgan fingerprint density at radius 2 is 2.23 bits per heavy atom. The monoisotopic (exact) mass is 324 g/mol. The molecule has 1 heterocycles. The fraction of sp³-hybridized carbons (Fsp3) is 0.429. The molecule has 2 rings (SSSR count). The highest BCUT2D eigenvalue weighted by Gasteiger charge is 2.32. The van der Waals surface area contributed by atoms with E-state index in [4.69, 9.17) is 5.11 Å². The third kappa shape index (κ3) is 3.38. The topological polar surface area (TPSA) is 101 Å². The lowest BCUT2D eigenvalue weighted by molar-refractivity contribution is -0.384. The number of amides is 1. The second-order valence-corrected chi connectivity index (χ2v) is 6.25. The van der Waals surface area contributed by atoms with Crippen molar-refractivity contribution in [3.63, 3.8) is 0 Å². The Labute approximate surface area is 131 Å². The quantitative estimate of drug-likeness (QED) is 0.506. The summed E-state index contributed by atoms with van der Waals surface area (Å²) in [5, 5.41) is 19.9. The Balaban J connectivity index is 2.29. The largest absolute Gasteiger partial charge is 0.481 e. The highest BCUT2D eigenvalue weighted by atomic mass is 32.2. The van der Waals surface area contributed by atoms with Gasteiger partial charge in [0.05, 0.1) is 16.4 Å². The highest BCUT2D eigenvalue weighted by molar-refractivity contribution is 7.99. The van der Waals surface area contributed by atoms with E-state index in [0.29, 0.717) is 17.9 Å². The summed E-state index contributed by atoms with van der Waals surface area (Å²) in [4.78, 5) is 36.1. The molecule has 0 radical (unpaired) electrons. The van der Waals surface area contributed by atoms with Crippen molar-refractivity contribution in [2.75, 3.05) is 18.8 Å². The molecular weight excluding hydrogens is 308 g/mol. The Bertz CT molecular complexity index is 619. The van der Waals surface area contributed by atoms with Crippen LogP contribution in [0, 0.1) is 16.0 Å². The standard InChI is InChI=1S/C14H16N2O5S/c1-2-22-12-4-3-10(16(20)21)7-11(12)13(17)15-6-5-9(8-15)14(18)19/h3-4,7,9H,2,5-6,8H2,1H3,(H,18,19). The van der Waals surface area contributed by atoms with Gasteiger partial charge in [-0.05, 0) is 18.2 Å². The van der Waals surface area contributed by atoms with E-state index in [-0.39, 0.29) is 23.7 Å². The average Bonchev–Trinajstić information content (AvgIpc) is 2.97. The Morgan fingerprint density at radius 1 is 1.50 bits per heavy atom. The molecule has 1 aromatic rings. The summed E-state index contributed by atoms with van der Waals surface area (Å²) in [6, 6.07) is 4.22. The van der Waals surface area contributed by atoms with Crippen LogP contribution in [0.25, 0.3) is 0 Å². The number of carbonyl (C=O) groups excluding carboxylic acids is 1. The van der Waals surface area contributed by atoms with Gasteiger partial charge in [0.25, 0.3) is 11.6 Å². The minimum Gasteiger partial charge on any atom is -0.481 e. The summed E-state index contributed by atoms with van der Waals surface area (Å²) in [6.07, 6.45) is 0.409. The molecule has 1 fully saturated rings. The van der Waals surface area contributed by atoms with Crippen LogP contribution in [0.3, 0.4) is 0 Å². The summed E-state index contributed by atoms with van der Waals surface area (Å²) in [5.74, 6) is -1.10. The molecule has 1 amide bonds. The fourth-order valence-electron chi connectivity index (χ4n) is 2.40. The maximum absolute atomic E-state index is 12.6. The predicted octanol–water partition coefficient (Wildman–Crippen LogP) is 2.25. The van der Waals surface area contributed by atoms with Gasteiger partial charge < -0.3 is 10.0 Å². The number of rotatable bonds is 5. The van der Waals surface area contributed by atoms with E-state index >= 15 is 0 Å². The van der Waals surface area contributed by atoms with Gasteiger partial charge in [0, 0.05) is 30.1 Å². The van der Waals surface area contributed by atoms with Crippen LogP contribution < -0.4 is 0 Å². The number of carboxylic acids is 1. The van der Waals surface area contributed by atoms with E-state index in [2.05, 4.69) is 0 Å².